The van der Waals surface area contributed by atoms with Crippen LogP contribution in [0.4, 0.5) is 0 Å². The Hall–Kier alpha value is -5.86. The molecule has 0 fully saturated rings. The van der Waals surface area contributed by atoms with Crippen molar-refractivity contribution in [2.75, 3.05) is 0 Å². The lowest BCUT2D eigenvalue weighted by atomic mass is 9.97. The Balaban J connectivity index is 1.19. The fourth-order valence-electron chi connectivity index (χ4n) is 6.54. The predicted molar refractivity (Wildman–Crippen MR) is 183 cm³/mol. The van der Waals surface area contributed by atoms with Crippen LogP contribution in [0.25, 0.3) is 88.4 Å². The fraction of sp³-hybridized carbons (Fsp3) is 0. The summed E-state index contributed by atoms with van der Waals surface area (Å²) in [5.41, 5.74) is 12.6. The van der Waals surface area contributed by atoms with Gasteiger partial charge < -0.3 is 8.83 Å². The minimum absolute atomic E-state index is 0.825. The first-order valence-corrected chi connectivity index (χ1v) is 14.9. The summed E-state index contributed by atoms with van der Waals surface area (Å²) in [7, 11) is 0. The molecule has 0 aliphatic rings. The molecule has 2 heterocycles. The quantitative estimate of drug-likeness (QED) is 0.213. The largest absolute Gasteiger partial charge is 0.455 e. The third kappa shape index (κ3) is 3.96. The molecule has 0 spiro atoms. The molecule has 206 valence electrons. The fourth-order valence-corrected chi connectivity index (χ4v) is 6.54. The SMILES string of the molecule is c1ccc(-c2cccc(-c3cccc4c3oc3cc5oc6c(-c7cccc(-c8ccccc8)c7)cccc6c5cc34)c2)cc1. The monoisotopic (exact) mass is 562 g/mol. The van der Waals surface area contributed by atoms with Gasteiger partial charge >= 0.3 is 0 Å². The molecule has 2 nitrogen and oxygen atoms in total. The van der Waals surface area contributed by atoms with Gasteiger partial charge in [0, 0.05) is 38.7 Å². The average molecular weight is 563 g/mol. The first kappa shape index (κ1) is 24.7. The van der Waals surface area contributed by atoms with E-state index in [1.54, 1.807) is 0 Å². The third-order valence-corrected chi connectivity index (χ3v) is 8.68. The van der Waals surface area contributed by atoms with Gasteiger partial charge in [-0.25, -0.2) is 0 Å². The molecule has 0 unspecified atom stereocenters. The number of para-hydroxylation sites is 2. The molecular formula is C42H26O2. The first-order valence-electron chi connectivity index (χ1n) is 14.9. The van der Waals surface area contributed by atoms with Gasteiger partial charge in [0.2, 0.25) is 0 Å². The van der Waals surface area contributed by atoms with Crippen LogP contribution in [-0.2, 0) is 0 Å². The van der Waals surface area contributed by atoms with Crippen molar-refractivity contribution in [1.82, 2.24) is 0 Å². The predicted octanol–water partition coefficient (Wildman–Crippen LogP) is 12.2. The molecule has 0 saturated heterocycles. The first-order chi connectivity index (χ1) is 21.8. The number of hydrogen-bond donors (Lipinski definition) is 0. The van der Waals surface area contributed by atoms with Crippen molar-refractivity contribution in [3.05, 3.63) is 158 Å². The zero-order valence-corrected chi connectivity index (χ0v) is 23.8. The summed E-state index contributed by atoms with van der Waals surface area (Å²) in [5, 5.41) is 4.39. The van der Waals surface area contributed by atoms with Crippen LogP contribution >= 0.6 is 0 Å². The van der Waals surface area contributed by atoms with Gasteiger partial charge in [0.1, 0.15) is 22.3 Å². The summed E-state index contributed by atoms with van der Waals surface area (Å²) < 4.78 is 13.2. The minimum atomic E-state index is 0.825. The van der Waals surface area contributed by atoms with Crippen molar-refractivity contribution in [3.63, 3.8) is 0 Å². The van der Waals surface area contributed by atoms with Crippen LogP contribution in [0.3, 0.4) is 0 Å². The standard InChI is InChI=1S/C42H26O2/c1-3-11-27(12-4-1)29-15-7-17-31(23-29)33-19-9-21-35-37-25-38-36-22-10-20-34(42(36)44-40(38)26-39(37)43-41(33)35)32-18-8-16-30(24-32)28-13-5-2-6-14-28/h1-26H. The van der Waals surface area contributed by atoms with Gasteiger partial charge in [-0.2, -0.15) is 0 Å². The Morgan fingerprint density at radius 1 is 0.273 bits per heavy atom. The lowest BCUT2D eigenvalue weighted by Crippen LogP contribution is -1.82. The van der Waals surface area contributed by atoms with Gasteiger partial charge in [-0.15, -0.1) is 0 Å². The highest BCUT2D eigenvalue weighted by atomic mass is 16.3. The van der Waals surface area contributed by atoms with Crippen molar-refractivity contribution in [2.24, 2.45) is 0 Å². The molecule has 0 aliphatic heterocycles. The highest BCUT2D eigenvalue weighted by molar-refractivity contribution is 6.18. The van der Waals surface area contributed by atoms with E-state index in [0.29, 0.717) is 0 Å². The molecule has 0 aliphatic carbocycles. The van der Waals surface area contributed by atoms with Gasteiger partial charge in [0.15, 0.2) is 0 Å². The maximum Gasteiger partial charge on any atom is 0.143 e. The Morgan fingerprint density at radius 3 is 1.16 bits per heavy atom. The molecule has 0 atom stereocenters. The minimum Gasteiger partial charge on any atom is -0.455 e. The van der Waals surface area contributed by atoms with E-state index in [9.17, 15) is 0 Å². The Morgan fingerprint density at radius 2 is 0.682 bits per heavy atom. The highest BCUT2D eigenvalue weighted by Crippen LogP contribution is 2.42. The van der Waals surface area contributed by atoms with E-state index in [1.165, 1.54) is 22.3 Å². The van der Waals surface area contributed by atoms with Crippen LogP contribution in [0.2, 0.25) is 0 Å². The Bertz CT molecular complexity index is 2310. The van der Waals surface area contributed by atoms with Crippen molar-refractivity contribution in [3.8, 4) is 44.5 Å². The van der Waals surface area contributed by atoms with Crippen molar-refractivity contribution < 1.29 is 8.83 Å². The van der Waals surface area contributed by atoms with Crippen molar-refractivity contribution in [2.45, 2.75) is 0 Å². The van der Waals surface area contributed by atoms with E-state index >= 15 is 0 Å². The number of hydrogen-bond acceptors (Lipinski definition) is 2. The molecule has 2 aromatic heterocycles. The summed E-state index contributed by atoms with van der Waals surface area (Å²) in [6.45, 7) is 0. The summed E-state index contributed by atoms with van der Waals surface area (Å²) in [4.78, 5) is 0. The van der Waals surface area contributed by atoms with Crippen LogP contribution in [0.5, 0.6) is 0 Å². The molecule has 0 amide bonds. The molecule has 0 N–H and O–H groups in total. The van der Waals surface area contributed by atoms with E-state index in [0.717, 1.165) is 66.1 Å². The number of rotatable bonds is 4. The number of benzene rings is 7. The maximum atomic E-state index is 6.61. The van der Waals surface area contributed by atoms with Crippen molar-refractivity contribution >= 4 is 43.9 Å². The van der Waals surface area contributed by atoms with Crippen LogP contribution in [0.1, 0.15) is 0 Å². The summed E-state index contributed by atoms with van der Waals surface area (Å²) in [6, 6.07) is 55.4. The zero-order chi connectivity index (χ0) is 29.0. The van der Waals surface area contributed by atoms with Gasteiger partial charge in [-0.3, -0.25) is 0 Å². The van der Waals surface area contributed by atoms with Gasteiger partial charge in [-0.05, 0) is 51.6 Å². The lowest BCUT2D eigenvalue weighted by Gasteiger charge is -2.07. The van der Waals surface area contributed by atoms with Crippen LogP contribution in [-0.4, -0.2) is 0 Å². The second-order valence-corrected chi connectivity index (χ2v) is 11.3. The second kappa shape index (κ2) is 9.86. The second-order valence-electron chi connectivity index (χ2n) is 11.3. The number of furan rings is 2. The molecule has 0 radical (unpaired) electrons. The van der Waals surface area contributed by atoms with Crippen LogP contribution in [0.15, 0.2) is 167 Å². The van der Waals surface area contributed by atoms with E-state index < -0.39 is 0 Å². The summed E-state index contributed by atoms with van der Waals surface area (Å²) in [5.74, 6) is 0. The smallest absolute Gasteiger partial charge is 0.143 e. The van der Waals surface area contributed by atoms with Gasteiger partial charge in [0.05, 0.1) is 0 Å². The molecule has 7 aromatic carbocycles. The highest BCUT2D eigenvalue weighted by Gasteiger charge is 2.18. The molecule has 9 aromatic rings. The van der Waals surface area contributed by atoms with E-state index in [1.807, 2.05) is 12.1 Å². The zero-order valence-electron chi connectivity index (χ0n) is 23.8. The third-order valence-electron chi connectivity index (χ3n) is 8.68. The van der Waals surface area contributed by atoms with Gasteiger partial charge in [0.25, 0.3) is 0 Å². The molecule has 0 bridgehead atoms. The Labute approximate surface area is 254 Å². The van der Waals surface area contributed by atoms with Gasteiger partial charge in [-0.1, -0.05) is 133 Å². The van der Waals surface area contributed by atoms with Crippen molar-refractivity contribution in [1.29, 1.82) is 0 Å². The lowest BCUT2D eigenvalue weighted by molar-refractivity contribution is 0.657. The topological polar surface area (TPSA) is 26.3 Å². The molecular weight excluding hydrogens is 536 g/mol. The Kier molecular flexibility index (Phi) is 5.54. The summed E-state index contributed by atoms with van der Waals surface area (Å²) >= 11 is 0. The van der Waals surface area contributed by atoms with Crippen LogP contribution < -0.4 is 0 Å². The van der Waals surface area contributed by atoms with E-state index in [4.69, 9.17) is 8.83 Å². The average Bonchev–Trinajstić information content (AvgIpc) is 3.65. The van der Waals surface area contributed by atoms with E-state index in [-0.39, 0.29) is 0 Å². The molecule has 9 rings (SSSR count). The molecule has 0 saturated carbocycles. The normalized spacial score (nSPS) is 11.6. The van der Waals surface area contributed by atoms with Crippen LogP contribution in [0, 0.1) is 0 Å². The summed E-state index contributed by atoms with van der Waals surface area (Å²) in [6.07, 6.45) is 0. The maximum absolute atomic E-state index is 6.61. The number of fused-ring (bicyclic) bond motifs is 6. The van der Waals surface area contributed by atoms with E-state index in [2.05, 4.69) is 146 Å². The molecule has 2 heteroatoms. The molecule has 44 heavy (non-hydrogen) atoms.